The van der Waals surface area contributed by atoms with Crippen LogP contribution in [0.4, 0.5) is 10.1 Å². The van der Waals surface area contributed by atoms with Crippen molar-refractivity contribution < 1.29 is 27.1 Å². The highest BCUT2D eigenvalue weighted by Crippen LogP contribution is 2.26. The van der Waals surface area contributed by atoms with E-state index in [0.717, 1.165) is 0 Å². The predicted molar refractivity (Wildman–Crippen MR) is 109 cm³/mol. The Balaban J connectivity index is 1.77. The van der Waals surface area contributed by atoms with E-state index in [1.807, 2.05) is 0 Å². The molecule has 0 radical (unpaired) electrons. The molecule has 0 spiro atoms. The minimum atomic E-state index is -3.97. The molecule has 2 aromatic carbocycles. The zero-order chi connectivity index (χ0) is 22.1. The van der Waals surface area contributed by atoms with Gasteiger partial charge in [0.05, 0.1) is 23.3 Å². The number of ether oxygens (including phenoxy) is 1. The van der Waals surface area contributed by atoms with E-state index in [-0.39, 0.29) is 22.0 Å². The molecule has 0 unspecified atom stereocenters. The molecule has 3 rings (SSSR count). The third-order valence-electron chi connectivity index (χ3n) is 4.99. The number of piperazine rings is 1. The van der Waals surface area contributed by atoms with Crippen LogP contribution in [0.3, 0.4) is 0 Å². The Morgan fingerprint density at radius 1 is 1.07 bits per heavy atom. The van der Waals surface area contributed by atoms with Crippen LogP contribution in [0, 0.1) is 5.82 Å². The van der Waals surface area contributed by atoms with E-state index in [1.165, 1.54) is 38.3 Å². The van der Waals surface area contributed by atoms with Crippen LogP contribution in [-0.2, 0) is 10.0 Å². The lowest BCUT2D eigenvalue weighted by Gasteiger charge is -2.36. The predicted octanol–water partition coefficient (Wildman–Crippen LogP) is 1.65. The van der Waals surface area contributed by atoms with Crippen LogP contribution in [0.15, 0.2) is 41.3 Å². The van der Waals surface area contributed by atoms with Gasteiger partial charge < -0.3 is 14.5 Å². The van der Waals surface area contributed by atoms with E-state index in [4.69, 9.17) is 9.88 Å². The maximum Gasteiger partial charge on any atom is 0.257 e. The second-order valence-corrected chi connectivity index (χ2v) is 8.47. The molecule has 0 atom stereocenters. The Bertz CT molecular complexity index is 1100. The lowest BCUT2D eigenvalue weighted by atomic mass is 10.1. The number of sulfonamides is 1. The van der Waals surface area contributed by atoms with Gasteiger partial charge in [0.2, 0.25) is 10.0 Å². The van der Waals surface area contributed by atoms with Gasteiger partial charge in [-0.1, -0.05) is 0 Å². The van der Waals surface area contributed by atoms with Crippen molar-refractivity contribution >= 4 is 27.4 Å². The molecule has 2 N–H and O–H groups in total. The van der Waals surface area contributed by atoms with Crippen LogP contribution in [0.2, 0.25) is 0 Å². The van der Waals surface area contributed by atoms with Crippen molar-refractivity contribution in [3.8, 4) is 5.75 Å². The number of anilines is 1. The molecule has 2 aromatic rings. The Hall–Kier alpha value is -2.98. The molecule has 10 heteroatoms. The normalized spacial score (nSPS) is 14.5. The summed E-state index contributed by atoms with van der Waals surface area (Å²) in [7, 11) is -2.59. The number of nitrogens with zero attached hydrogens (tertiary/aromatic N) is 2. The molecule has 1 amide bonds. The first kappa shape index (κ1) is 21.7. The fourth-order valence-corrected chi connectivity index (χ4v) is 3.87. The standard InChI is InChI=1S/C20H22FN3O5S/c1-13(25)14-3-5-18(17(21)11-14)23-7-9-24(10-8-23)20(26)16-12-15(30(22,27)28)4-6-19(16)29-2/h3-6,11-12H,7-10H2,1-2H3,(H2,22,27,28). The third kappa shape index (κ3) is 4.44. The topological polar surface area (TPSA) is 110 Å². The number of nitrogens with two attached hydrogens (primary N) is 1. The minimum absolute atomic E-state index is 0.0921. The highest BCUT2D eigenvalue weighted by atomic mass is 32.2. The Morgan fingerprint density at radius 2 is 1.73 bits per heavy atom. The second-order valence-electron chi connectivity index (χ2n) is 6.91. The average Bonchev–Trinajstić information content (AvgIpc) is 2.72. The molecular formula is C20H22FN3O5S. The lowest BCUT2D eigenvalue weighted by molar-refractivity contribution is 0.0742. The van der Waals surface area contributed by atoms with Crippen LogP contribution < -0.4 is 14.8 Å². The van der Waals surface area contributed by atoms with Crippen molar-refractivity contribution in [3.05, 3.63) is 53.3 Å². The number of carbonyl (C=O) groups is 2. The monoisotopic (exact) mass is 435 g/mol. The van der Waals surface area contributed by atoms with Crippen LogP contribution >= 0.6 is 0 Å². The van der Waals surface area contributed by atoms with Crippen LogP contribution in [0.25, 0.3) is 0 Å². The maximum absolute atomic E-state index is 14.4. The summed E-state index contributed by atoms with van der Waals surface area (Å²) in [6, 6.07) is 8.19. The smallest absolute Gasteiger partial charge is 0.257 e. The van der Waals surface area contributed by atoms with Crippen LogP contribution in [-0.4, -0.2) is 58.3 Å². The molecular weight excluding hydrogens is 413 g/mol. The quantitative estimate of drug-likeness (QED) is 0.715. The number of amides is 1. The minimum Gasteiger partial charge on any atom is -0.496 e. The molecule has 30 heavy (non-hydrogen) atoms. The second kappa shape index (κ2) is 8.41. The number of Topliss-reactive ketones (excluding diaryl/α,β-unsaturated/α-hetero) is 1. The van der Waals surface area contributed by atoms with Crippen molar-refractivity contribution in [2.45, 2.75) is 11.8 Å². The third-order valence-corrected chi connectivity index (χ3v) is 5.90. The van der Waals surface area contributed by atoms with Gasteiger partial charge in [-0.05, 0) is 43.3 Å². The van der Waals surface area contributed by atoms with Gasteiger partial charge in [0.25, 0.3) is 5.91 Å². The van der Waals surface area contributed by atoms with Crippen molar-refractivity contribution in [3.63, 3.8) is 0 Å². The number of primary sulfonamides is 1. The van der Waals surface area contributed by atoms with Gasteiger partial charge in [0, 0.05) is 31.7 Å². The first-order chi connectivity index (χ1) is 14.1. The van der Waals surface area contributed by atoms with Gasteiger partial charge in [-0.15, -0.1) is 0 Å². The first-order valence-corrected chi connectivity index (χ1v) is 10.7. The van der Waals surface area contributed by atoms with E-state index >= 15 is 0 Å². The molecule has 0 aliphatic carbocycles. The molecule has 1 fully saturated rings. The number of ketones is 1. The zero-order valence-corrected chi connectivity index (χ0v) is 17.4. The number of hydrogen-bond donors (Lipinski definition) is 1. The first-order valence-electron chi connectivity index (χ1n) is 9.17. The van der Waals surface area contributed by atoms with Gasteiger partial charge in [-0.2, -0.15) is 0 Å². The van der Waals surface area contributed by atoms with E-state index in [0.29, 0.717) is 37.4 Å². The van der Waals surface area contributed by atoms with Gasteiger partial charge in [-0.3, -0.25) is 9.59 Å². The summed E-state index contributed by atoms with van der Waals surface area (Å²) in [4.78, 5) is 27.5. The van der Waals surface area contributed by atoms with Crippen molar-refractivity contribution in [1.29, 1.82) is 0 Å². The number of carbonyl (C=O) groups excluding carboxylic acids is 2. The van der Waals surface area contributed by atoms with Gasteiger partial charge >= 0.3 is 0 Å². The molecule has 1 heterocycles. The van der Waals surface area contributed by atoms with E-state index in [2.05, 4.69) is 0 Å². The summed E-state index contributed by atoms with van der Waals surface area (Å²) in [5.41, 5.74) is 0.752. The van der Waals surface area contributed by atoms with Crippen molar-refractivity contribution in [1.82, 2.24) is 4.90 Å². The summed E-state index contributed by atoms with van der Waals surface area (Å²) in [5, 5.41) is 5.17. The number of benzene rings is 2. The number of methoxy groups -OCH3 is 1. The largest absolute Gasteiger partial charge is 0.496 e. The van der Waals surface area contributed by atoms with Gasteiger partial charge in [0.1, 0.15) is 11.6 Å². The van der Waals surface area contributed by atoms with Crippen molar-refractivity contribution in [2.75, 3.05) is 38.2 Å². The summed E-state index contributed by atoms with van der Waals surface area (Å²) in [5.74, 6) is -0.873. The molecule has 0 aromatic heterocycles. The number of rotatable bonds is 5. The molecule has 0 saturated carbocycles. The van der Waals surface area contributed by atoms with Crippen molar-refractivity contribution in [2.24, 2.45) is 5.14 Å². The molecule has 1 aliphatic heterocycles. The number of halogens is 1. The highest BCUT2D eigenvalue weighted by Gasteiger charge is 2.27. The van der Waals surface area contributed by atoms with E-state index in [9.17, 15) is 22.4 Å². The highest BCUT2D eigenvalue weighted by molar-refractivity contribution is 7.89. The van der Waals surface area contributed by atoms with Gasteiger partial charge in [-0.25, -0.2) is 17.9 Å². The Kier molecular flexibility index (Phi) is 6.09. The van der Waals surface area contributed by atoms with Crippen LogP contribution in [0.1, 0.15) is 27.6 Å². The maximum atomic E-state index is 14.4. The zero-order valence-electron chi connectivity index (χ0n) is 16.6. The summed E-state index contributed by atoms with van der Waals surface area (Å²) < 4.78 is 42.9. The average molecular weight is 435 g/mol. The molecule has 8 nitrogen and oxygen atoms in total. The number of hydrogen-bond acceptors (Lipinski definition) is 6. The van der Waals surface area contributed by atoms with Crippen LogP contribution in [0.5, 0.6) is 5.75 Å². The molecule has 160 valence electrons. The van der Waals surface area contributed by atoms with Gasteiger partial charge in [0.15, 0.2) is 5.78 Å². The summed E-state index contributed by atoms with van der Waals surface area (Å²) >= 11 is 0. The van der Waals surface area contributed by atoms with E-state index < -0.39 is 21.7 Å². The summed E-state index contributed by atoms with van der Waals surface area (Å²) in [6.07, 6.45) is 0. The molecule has 0 bridgehead atoms. The fourth-order valence-electron chi connectivity index (χ4n) is 3.33. The fraction of sp³-hybridized carbons (Fsp3) is 0.300. The summed E-state index contributed by atoms with van der Waals surface area (Å²) in [6.45, 7) is 2.72. The Morgan fingerprint density at radius 3 is 2.27 bits per heavy atom. The lowest BCUT2D eigenvalue weighted by Crippen LogP contribution is -2.49. The Labute approximate surface area is 174 Å². The SMILES string of the molecule is COc1ccc(S(N)(=O)=O)cc1C(=O)N1CCN(c2ccc(C(C)=O)cc2F)CC1. The molecule has 1 saturated heterocycles. The van der Waals surface area contributed by atoms with E-state index in [1.54, 1.807) is 21.9 Å². The molecule has 1 aliphatic rings.